The summed E-state index contributed by atoms with van der Waals surface area (Å²) in [6, 6.07) is 0. The molecule has 0 aliphatic heterocycles. The van der Waals surface area contributed by atoms with Crippen molar-refractivity contribution in [1.82, 2.24) is 4.90 Å². The van der Waals surface area contributed by atoms with E-state index in [1.165, 1.54) is 4.90 Å². The number of hydrogen-bond donors (Lipinski definition) is 1. The van der Waals surface area contributed by atoms with Crippen LogP contribution in [0, 0.1) is 0 Å². The maximum absolute atomic E-state index is 10.9. The van der Waals surface area contributed by atoms with Gasteiger partial charge in [-0.3, -0.25) is 0 Å². The average molecular weight is 331 g/mol. The van der Waals surface area contributed by atoms with Crippen LogP contribution >= 0.6 is 31.9 Å². The van der Waals surface area contributed by atoms with Crippen LogP contribution in [-0.4, -0.2) is 38.8 Å². The lowest BCUT2D eigenvalue weighted by molar-refractivity contribution is 0.145. The highest BCUT2D eigenvalue weighted by atomic mass is 79.9. The van der Waals surface area contributed by atoms with E-state index >= 15 is 0 Å². The van der Waals surface area contributed by atoms with Crippen molar-refractivity contribution in [1.29, 1.82) is 0 Å². The van der Waals surface area contributed by atoms with Crippen molar-refractivity contribution < 1.29 is 9.90 Å². The van der Waals surface area contributed by atoms with Crippen molar-refractivity contribution in [2.75, 3.05) is 13.1 Å². The van der Waals surface area contributed by atoms with E-state index in [4.69, 9.17) is 5.11 Å². The smallest absolute Gasteiger partial charge is 0.407 e. The Morgan fingerprint density at radius 2 is 1.57 bits per heavy atom. The highest BCUT2D eigenvalue weighted by Crippen LogP contribution is 2.11. The van der Waals surface area contributed by atoms with Gasteiger partial charge in [-0.25, -0.2) is 4.79 Å². The van der Waals surface area contributed by atoms with Crippen LogP contribution in [0.1, 0.15) is 26.7 Å². The lowest BCUT2D eigenvalue weighted by atomic mass is 10.3. The van der Waals surface area contributed by atoms with Gasteiger partial charge in [0, 0.05) is 22.7 Å². The first-order valence-electron chi connectivity index (χ1n) is 4.77. The first kappa shape index (κ1) is 14.2. The van der Waals surface area contributed by atoms with Crippen LogP contribution in [0.2, 0.25) is 0 Å². The van der Waals surface area contributed by atoms with Gasteiger partial charge in [0.15, 0.2) is 0 Å². The summed E-state index contributed by atoms with van der Waals surface area (Å²) < 4.78 is 0. The molecular weight excluding hydrogens is 314 g/mol. The first-order chi connectivity index (χ1) is 6.51. The highest BCUT2D eigenvalue weighted by molar-refractivity contribution is 9.09. The second kappa shape index (κ2) is 7.51. The Hall–Kier alpha value is 0.230. The molecule has 1 amide bonds. The Morgan fingerprint density at radius 1 is 1.21 bits per heavy atom. The molecule has 84 valence electrons. The van der Waals surface area contributed by atoms with Crippen LogP contribution in [-0.2, 0) is 0 Å². The fourth-order valence-corrected chi connectivity index (χ4v) is 1.67. The Morgan fingerprint density at radius 3 is 1.79 bits per heavy atom. The predicted molar refractivity (Wildman–Crippen MR) is 65.6 cm³/mol. The van der Waals surface area contributed by atoms with Crippen molar-refractivity contribution in [2.45, 2.75) is 36.3 Å². The number of alkyl halides is 2. The van der Waals surface area contributed by atoms with E-state index in [-0.39, 0.29) is 9.65 Å². The maximum Gasteiger partial charge on any atom is 0.407 e. The van der Waals surface area contributed by atoms with Gasteiger partial charge in [0.2, 0.25) is 0 Å². The van der Waals surface area contributed by atoms with E-state index in [0.29, 0.717) is 13.1 Å². The maximum atomic E-state index is 10.9. The number of hydrogen-bond acceptors (Lipinski definition) is 1. The quantitative estimate of drug-likeness (QED) is 0.759. The zero-order valence-corrected chi connectivity index (χ0v) is 11.7. The normalized spacial score (nSPS) is 14.9. The van der Waals surface area contributed by atoms with E-state index in [1.54, 1.807) is 0 Å². The van der Waals surface area contributed by atoms with Crippen molar-refractivity contribution in [3.63, 3.8) is 0 Å². The molecule has 0 rings (SSSR count). The molecule has 1 N–H and O–H groups in total. The zero-order chi connectivity index (χ0) is 11.1. The number of carbonyl (C=O) groups is 1. The molecule has 0 aliphatic rings. The summed E-state index contributed by atoms with van der Waals surface area (Å²) >= 11 is 6.87. The molecule has 0 radical (unpaired) electrons. The number of carboxylic acid groups (broad SMARTS) is 1. The van der Waals surface area contributed by atoms with Gasteiger partial charge in [0.1, 0.15) is 0 Å². The fraction of sp³-hybridized carbons (Fsp3) is 0.889. The lowest BCUT2D eigenvalue weighted by Gasteiger charge is -2.23. The summed E-state index contributed by atoms with van der Waals surface area (Å²) in [5, 5.41) is 8.95. The van der Waals surface area contributed by atoms with Gasteiger partial charge in [-0.1, -0.05) is 45.7 Å². The van der Waals surface area contributed by atoms with E-state index in [2.05, 4.69) is 31.9 Å². The summed E-state index contributed by atoms with van der Waals surface area (Å²) in [5.41, 5.74) is 0. The Labute approximate surface area is 102 Å². The summed E-state index contributed by atoms with van der Waals surface area (Å²) in [4.78, 5) is 12.8. The summed E-state index contributed by atoms with van der Waals surface area (Å²) in [7, 11) is 0. The van der Waals surface area contributed by atoms with Gasteiger partial charge >= 0.3 is 6.09 Å². The molecule has 0 aliphatic carbocycles. The Bertz CT molecular complexity index is 166. The van der Waals surface area contributed by atoms with E-state index in [1.807, 2.05) is 13.8 Å². The minimum atomic E-state index is -0.846. The Balaban J connectivity index is 4.09. The molecule has 0 saturated carbocycles. The fourth-order valence-electron chi connectivity index (χ4n) is 0.967. The highest BCUT2D eigenvalue weighted by Gasteiger charge is 2.17. The first-order valence-corrected chi connectivity index (χ1v) is 6.60. The minimum absolute atomic E-state index is 0.246. The molecule has 0 aromatic rings. The van der Waals surface area contributed by atoms with Crippen LogP contribution in [0.25, 0.3) is 0 Å². The van der Waals surface area contributed by atoms with Gasteiger partial charge in [0.05, 0.1) is 0 Å². The molecule has 0 spiro atoms. The minimum Gasteiger partial charge on any atom is -0.465 e. The van der Waals surface area contributed by atoms with Crippen LogP contribution < -0.4 is 0 Å². The van der Waals surface area contributed by atoms with Gasteiger partial charge in [0.25, 0.3) is 0 Å². The number of rotatable bonds is 6. The van der Waals surface area contributed by atoms with Crippen LogP contribution in [0.4, 0.5) is 4.79 Å². The molecule has 14 heavy (non-hydrogen) atoms. The largest absolute Gasteiger partial charge is 0.465 e. The lowest BCUT2D eigenvalue weighted by Crippen LogP contribution is -2.38. The molecule has 0 aromatic heterocycles. The van der Waals surface area contributed by atoms with Crippen molar-refractivity contribution in [3.8, 4) is 0 Å². The third-order valence-electron chi connectivity index (χ3n) is 1.99. The van der Waals surface area contributed by atoms with Gasteiger partial charge < -0.3 is 10.0 Å². The van der Waals surface area contributed by atoms with Crippen molar-refractivity contribution in [2.24, 2.45) is 0 Å². The molecule has 2 unspecified atom stereocenters. The van der Waals surface area contributed by atoms with Crippen LogP contribution in [0.3, 0.4) is 0 Å². The molecule has 0 heterocycles. The molecule has 2 atom stereocenters. The SMILES string of the molecule is CCC(Br)CN(CC(Br)CC)C(=O)O. The number of amides is 1. The topological polar surface area (TPSA) is 40.5 Å². The second-order valence-electron chi connectivity index (χ2n) is 3.20. The summed E-state index contributed by atoms with van der Waals surface area (Å²) in [6.45, 7) is 5.16. The predicted octanol–water partition coefficient (Wildman–Crippen LogP) is 3.31. The van der Waals surface area contributed by atoms with Gasteiger partial charge in [-0.05, 0) is 12.8 Å². The average Bonchev–Trinajstić information content (AvgIpc) is 2.16. The monoisotopic (exact) mass is 329 g/mol. The third kappa shape index (κ3) is 5.86. The van der Waals surface area contributed by atoms with E-state index in [0.717, 1.165) is 12.8 Å². The second-order valence-corrected chi connectivity index (χ2v) is 5.79. The number of nitrogens with zero attached hydrogens (tertiary/aromatic N) is 1. The van der Waals surface area contributed by atoms with Gasteiger partial charge in [-0.15, -0.1) is 0 Å². The van der Waals surface area contributed by atoms with Gasteiger partial charge in [-0.2, -0.15) is 0 Å². The summed E-state index contributed by atoms with van der Waals surface area (Å²) in [5.74, 6) is 0. The van der Waals surface area contributed by atoms with Crippen molar-refractivity contribution in [3.05, 3.63) is 0 Å². The van der Waals surface area contributed by atoms with E-state index < -0.39 is 6.09 Å². The molecule has 5 heteroatoms. The molecule has 0 saturated heterocycles. The van der Waals surface area contributed by atoms with Crippen molar-refractivity contribution >= 4 is 38.0 Å². The standard InChI is InChI=1S/C9H17Br2NO2/c1-3-7(10)5-12(9(13)14)6-8(11)4-2/h7-8H,3-6H2,1-2H3,(H,13,14). The van der Waals surface area contributed by atoms with Crippen LogP contribution in [0.15, 0.2) is 0 Å². The number of halogens is 2. The zero-order valence-electron chi connectivity index (χ0n) is 8.54. The van der Waals surface area contributed by atoms with Crippen LogP contribution in [0.5, 0.6) is 0 Å². The third-order valence-corrected chi connectivity index (χ3v) is 3.87. The molecule has 0 aromatic carbocycles. The molecule has 3 nitrogen and oxygen atoms in total. The molecule has 0 bridgehead atoms. The molecular formula is C9H17Br2NO2. The Kier molecular flexibility index (Phi) is 7.64. The van der Waals surface area contributed by atoms with E-state index in [9.17, 15) is 4.79 Å². The summed E-state index contributed by atoms with van der Waals surface area (Å²) in [6.07, 6.45) is 1.02. The molecule has 0 fully saturated rings.